The third-order valence-corrected chi connectivity index (χ3v) is 4.35. The van der Waals surface area contributed by atoms with Gasteiger partial charge in [0.1, 0.15) is 0 Å². The van der Waals surface area contributed by atoms with Gasteiger partial charge in [-0.25, -0.2) is 0 Å². The molecule has 1 aromatic rings. The largest absolute Gasteiger partial charge is 0.384 e. The summed E-state index contributed by atoms with van der Waals surface area (Å²) in [6, 6.07) is 7.46. The fraction of sp³-hybridized carbons (Fsp3) is 0.600. The summed E-state index contributed by atoms with van der Waals surface area (Å²) in [7, 11) is 2.26. The first-order valence-electron chi connectivity index (χ1n) is 6.80. The molecule has 1 fully saturated rings. The van der Waals surface area contributed by atoms with Gasteiger partial charge in [-0.1, -0.05) is 18.2 Å². The van der Waals surface area contributed by atoms with Gasteiger partial charge in [0.25, 0.3) is 0 Å². The molecule has 1 saturated carbocycles. The molecular formula is C15H22N2. The molecule has 0 saturated heterocycles. The summed E-state index contributed by atoms with van der Waals surface area (Å²) in [6.45, 7) is 4.55. The van der Waals surface area contributed by atoms with E-state index in [9.17, 15) is 0 Å². The van der Waals surface area contributed by atoms with Crippen LogP contribution in [0.15, 0.2) is 18.2 Å². The molecule has 1 aromatic carbocycles. The molecule has 2 heteroatoms. The maximum absolute atomic E-state index is 3.53. The molecular weight excluding hydrogens is 208 g/mol. The molecule has 3 rings (SSSR count). The predicted molar refractivity (Wildman–Crippen MR) is 72.3 cm³/mol. The Morgan fingerprint density at radius 1 is 1.41 bits per heavy atom. The van der Waals surface area contributed by atoms with E-state index in [1.807, 2.05) is 0 Å². The Kier molecular flexibility index (Phi) is 2.83. The minimum absolute atomic E-state index is 0.729. The van der Waals surface area contributed by atoms with Crippen LogP contribution in [0.5, 0.6) is 0 Å². The average Bonchev–Trinajstić information content (AvgIpc) is 3.06. The van der Waals surface area contributed by atoms with E-state index in [-0.39, 0.29) is 0 Å². The van der Waals surface area contributed by atoms with Crippen LogP contribution in [0.25, 0.3) is 0 Å². The molecule has 17 heavy (non-hydrogen) atoms. The van der Waals surface area contributed by atoms with E-state index in [1.54, 1.807) is 0 Å². The van der Waals surface area contributed by atoms with E-state index in [0.29, 0.717) is 0 Å². The third-order valence-electron chi connectivity index (χ3n) is 4.35. The molecule has 1 atom stereocenters. The lowest BCUT2D eigenvalue weighted by Crippen LogP contribution is -2.30. The van der Waals surface area contributed by atoms with Crippen molar-refractivity contribution in [1.29, 1.82) is 0 Å². The summed E-state index contributed by atoms with van der Waals surface area (Å²) >= 11 is 0. The van der Waals surface area contributed by atoms with Gasteiger partial charge in [0.15, 0.2) is 0 Å². The Hall–Kier alpha value is -1.02. The van der Waals surface area contributed by atoms with Gasteiger partial charge in [0.05, 0.1) is 0 Å². The van der Waals surface area contributed by atoms with Crippen LogP contribution in [0.2, 0.25) is 0 Å². The van der Waals surface area contributed by atoms with Gasteiger partial charge in [-0.05, 0) is 50.3 Å². The zero-order valence-electron chi connectivity index (χ0n) is 10.9. The number of rotatable bonds is 4. The van der Waals surface area contributed by atoms with Gasteiger partial charge in [0, 0.05) is 24.8 Å². The number of fused-ring (bicyclic) bond motifs is 1. The maximum atomic E-state index is 3.53. The molecule has 92 valence electrons. The molecule has 2 nitrogen and oxygen atoms in total. The summed E-state index contributed by atoms with van der Waals surface area (Å²) < 4.78 is 0. The van der Waals surface area contributed by atoms with E-state index in [2.05, 4.69) is 42.4 Å². The number of hydrogen-bond donors (Lipinski definition) is 1. The fourth-order valence-electron chi connectivity index (χ4n) is 2.89. The lowest BCUT2D eigenvalue weighted by atomic mass is 10.1. The van der Waals surface area contributed by atoms with E-state index in [0.717, 1.165) is 25.0 Å². The summed E-state index contributed by atoms with van der Waals surface area (Å²) in [5.41, 5.74) is 4.37. The Morgan fingerprint density at radius 3 is 3.00 bits per heavy atom. The molecule has 0 bridgehead atoms. The van der Waals surface area contributed by atoms with Crippen molar-refractivity contribution in [2.75, 3.05) is 18.9 Å². The molecule has 0 spiro atoms. The molecule has 1 aliphatic heterocycles. The number of anilines is 1. The molecule has 0 radical (unpaired) electrons. The molecule has 0 aromatic heterocycles. The first kappa shape index (κ1) is 11.1. The highest BCUT2D eigenvalue weighted by Crippen LogP contribution is 2.36. The first-order valence-corrected chi connectivity index (χ1v) is 6.80. The molecule has 1 N–H and O–H groups in total. The van der Waals surface area contributed by atoms with Crippen molar-refractivity contribution < 1.29 is 0 Å². The Bertz CT molecular complexity index is 409. The zero-order valence-corrected chi connectivity index (χ0v) is 10.9. The second kappa shape index (κ2) is 4.34. The number of benzene rings is 1. The van der Waals surface area contributed by atoms with Gasteiger partial charge in [0.2, 0.25) is 0 Å². The van der Waals surface area contributed by atoms with Crippen LogP contribution >= 0.6 is 0 Å². The zero-order chi connectivity index (χ0) is 11.8. The van der Waals surface area contributed by atoms with Crippen molar-refractivity contribution >= 4 is 5.69 Å². The molecule has 0 amide bonds. The molecule has 1 aliphatic carbocycles. The monoisotopic (exact) mass is 230 g/mol. The van der Waals surface area contributed by atoms with Gasteiger partial charge < -0.3 is 5.32 Å². The summed E-state index contributed by atoms with van der Waals surface area (Å²) in [6.07, 6.45) is 4.04. The molecule has 1 heterocycles. The van der Waals surface area contributed by atoms with Gasteiger partial charge in [-0.15, -0.1) is 0 Å². The van der Waals surface area contributed by atoms with Crippen molar-refractivity contribution in [3.63, 3.8) is 0 Å². The standard InChI is InChI=1S/C15H22N2/c1-11(12-6-7-12)17(2)10-14-5-3-4-13-8-9-16-15(13)14/h3-5,11-12,16H,6-10H2,1-2H3. The highest BCUT2D eigenvalue weighted by Gasteiger charge is 2.30. The van der Waals surface area contributed by atoms with Crippen molar-refractivity contribution in [3.8, 4) is 0 Å². The average molecular weight is 230 g/mol. The quantitative estimate of drug-likeness (QED) is 0.855. The minimum atomic E-state index is 0.729. The summed E-state index contributed by atoms with van der Waals surface area (Å²) in [5, 5.41) is 3.53. The number of nitrogens with zero attached hydrogens (tertiary/aromatic N) is 1. The van der Waals surface area contributed by atoms with Crippen LogP contribution in [0.3, 0.4) is 0 Å². The number of hydrogen-bond acceptors (Lipinski definition) is 2. The van der Waals surface area contributed by atoms with Crippen LogP contribution in [0.1, 0.15) is 30.9 Å². The number of para-hydroxylation sites is 1. The Balaban J connectivity index is 1.74. The Morgan fingerprint density at radius 2 is 2.24 bits per heavy atom. The van der Waals surface area contributed by atoms with E-state index in [4.69, 9.17) is 0 Å². The second-order valence-corrected chi connectivity index (χ2v) is 5.62. The van der Waals surface area contributed by atoms with Crippen LogP contribution in [-0.2, 0) is 13.0 Å². The van der Waals surface area contributed by atoms with Gasteiger partial charge in [-0.3, -0.25) is 4.90 Å². The maximum Gasteiger partial charge on any atom is 0.0419 e. The van der Waals surface area contributed by atoms with Crippen LogP contribution in [0.4, 0.5) is 5.69 Å². The first-order chi connectivity index (χ1) is 8.25. The van der Waals surface area contributed by atoms with Crippen LogP contribution < -0.4 is 5.32 Å². The van der Waals surface area contributed by atoms with Gasteiger partial charge in [-0.2, -0.15) is 0 Å². The van der Waals surface area contributed by atoms with Crippen molar-refractivity contribution in [2.24, 2.45) is 5.92 Å². The van der Waals surface area contributed by atoms with Crippen molar-refractivity contribution in [3.05, 3.63) is 29.3 Å². The highest BCUT2D eigenvalue weighted by molar-refractivity contribution is 5.61. The second-order valence-electron chi connectivity index (χ2n) is 5.62. The SMILES string of the molecule is CC(C1CC1)N(C)Cc1cccc2c1NCC2. The fourth-order valence-corrected chi connectivity index (χ4v) is 2.89. The summed E-state index contributed by atoms with van der Waals surface area (Å²) in [4.78, 5) is 2.51. The molecule has 1 unspecified atom stereocenters. The van der Waals surface area contributed by atoms with Crippen molar-refractivity contribution in [1.82, 2.24) is 4.90 Å². The van der Waals surface area contributed by atoms with E-state index >= 15 is 0 Å². The van der Waals surface area contributed by atoms with Crippen molar-refractivity contribution in [2.45, 2.75) is 38.8 Å². The highest BCUT2D eigenvalue weighted by atomic mass is 15.1. The smallest absolute Gasteiger partial charge is 0.0419 e. The minimum Gasteiger partial charge on any atom is -0.384 e. The van der Waals surface area contributed by atoms with E-state index < -0.39 is 0 Å². The van der Waals surface area contributed by atoms with E-state index in [1.165, 1.54) is 36.1 Å². The van der Waals surface area contributed by atoms with Crippen LogP contribution in [-0.4, -0.2) is 24.5 Å². The Labute approximate surface area is 104 Å². The van der Waals surface area contributed by atoms with Gasteiger partial charge >= 0.3 is 0 Å². The third kappa shape index (κ3) is 2.19. The molecule has 2 aliphatic rings. The van der Waals surface area contributed by atoms with Crippen LogP contribution in [0, 0.1) is 5.92 Å². The predicted octanol–water partition coefficient (Wildman–Crippen LogP) is 2.88. The lowest BCUT2D eigenvalue weighted by Gasteiger charge is -2.25. The topological polar surface area (TPSA) is 15.3 Å². The number of nitrogens with one attached hydrogen (secondary N) is 1. The summed E-state index contributed by atoms with van der Waals surface area (Å²) in [5.74, 6) is 0.949. The normalized spacial score (nSPS) is 20.2. The lowest BCUT2D eigenvalue weighted by molar-refractivity contribution is 0.227.